The summed E-state index contributed by atoms with van der Waals surface area (Å²) in [5.74, 6) is 0.894. The molecule has 0 aliphatic carbocycles. The molecule has 1 saturated heterocycles. The van der Waals surface area contributed by atoms with E-state index in [1.165, 1.54) is 12.0 Å². The lowest BCUT2D eigenvalue weighted by Gasteiger charge is -2.30. The molecule has 1 fully saturated rings. The van der Waals surface area contributed by atoms with Gasteiger partial charge in [-0.3, -0.25) is 0 Å². The van der Waals surface area contributed by atoms with Crippen molar-refractivity contribution >= 4 is 0 Å². The molecule has 2 N–H and O–H groups in total. The van der Waals surface area contributed by atoms with E-state index in [-0.39, 0.29) is 12.6 Å². The number of aliphatic hydroxyl groups excluding tert-OH is 1. The average Bonchev–Trinajstić information content (AvgIpc) is 2.39. The second-order valence-electron chi connectivity index (χ2n) is 4.31. The van der Waals surface area contributed by atoms with Crippen LogP contribution in [0.1, 0.15) is 30.9 Å². The van der Waals surface area contributed by atoms with Gasteiger partial charge in [0.1, 0.15) is 5.75 Å². The third-order valence-electron chi connectivity index (χ3n) is 3.20. The fourth-order valence-electron chi connectivity index (χ4n) is 2.28. The van der Waals surface area contributed by atoms with E-state index in [1.54, 1.807) is 7.11 Å². The van der Waals surface area contributed by atoms with Crippen LogP contribution in [-0.2, 0) is 0 Å². The largest absolute Gasteiger partial charge is 0.497 e. The van der Waals surface area contributed by atoms with Gasteiger partial charge in [0, 0.05) is 12.1 Å². The normalized spacial score (nSPS) is 25.4. The first-order chi connectivity index (χ1) is 7.83. The fourth-order valence-corrected chi connectivity index (χ4v) is 2.28. The quantitative estimate of drug-likeness (QED) is 0.818. The van der Waals surface area contributed by atoms with Gasteiger partial charge in [-0.1, -0.05) is 12.1 Å². The third kappa shape index (κ3) is 2.54. The number of aliphatic hydroxyl groups is 1. The minimum Gasteiger partial charge on any atom is -0.497 e. The van der Waals surface area contributed by atoms with Crippen LogP contribution >= 0.6 is 0 Å². The van der Waals surface area contributed by atoms with Crippen molar-refractivity contribution in [3.8, 4) is 5.75 Å². The lowest BCUT2D eigenvalue weighted by Crippen LogP contribution is -2.39. The summed E-state index contributed by atoms with van der Waals surface area (Å²) < 4.78 is 5.22. The van der Waals surface area contributed by atoms with E-state index in [2.05, 4.69) is 17.4 Å². The van der Waals surface area contributed by atoms with E-state index in [0.717, 1.165) is 18.6 Å². The molecule has 0 saturated carbocycles. The maximum Gasteiger partial charge on any atom is 0.119 e. The number of rotatable bonds is 3. The molecule has 16 heavy (non-hydrogen) atoms. The van der Waals surface area contributed by atoms with Crippen molar-refractivity contribution in [3.63, 3.8) is 0 Å². The SMILES string of the molecule is COc1cccc(C2CCCC(CO)N2)c1. The zero-order valence-electron chi connectivity index (χ0n) is 9.65. The third-order valence-corrected chi connectivity index (χ3v) is 3.20. The molecule has 1 aromatic rings. The molecule has 2 atom stereocenters. The van der Waals surface area contributed by atoms with Gasteiger partial charge >= 0.3 is 0 Å². The van der Waals surface area contributed by atoms with Crippen LogP contribution in [-0.4, -0.2) is 24.9 Å². The molecule has 1 aliphatic rings. The van der Waals surface area contributed by atoms with Crippen LogP contribution in [0, 0.1) is 0 Å². The van der Waals surface area contributed by atoms with Gasteiger partial charge in [-0.15, -0.1) is 0 Å². The first-order valence-corrected chi connectivity index (χ1v) is 5.84. The highest BCUT2D eigenvalue weighted by Crippen LogP contribution is 2.27. The van der Waals surface area contributed by atoms with Crippen LogP contribution in [0.15, 0.2) is 24.3 Å². The number of methoxy groups -OCH3 is 1. The Morgan fingerprint density at radius 2 is 2.31 bits per heavy atom. The fraction of sp³-hybridized carbons (Fsp3) is 0.538. The van der Waals surface area contributed by atoms with Gasteiger partial charge in [-0.25, -0.2) is 0 Å². The minimum absolute atomic E-state index is 0.223. The van der Waals surface area contributed by atoms with E-state index in [4.69, 9.17) is 9.84 Å². The topological polar surface area (TPSA) is 41.5 Å². The van der Waals surface area contributed by atoms with Crippen molar-refractivity contribution < 1.29 is 9.84 Å². The average molecular weight is 221 g/mol. The number of piperidine rings is 1. The standard InChI is InChI=1S/C13H19NO2/c1-16-12-6-2-4-10(8-12)13-7-3-5-11(9-15)14-13/h2,4,6,8,11,13-15H,3,5,7,9H2,1H3. The van der Waals surface area contributed by atoms with E-state index >= 15 is 0 Å². The summed E-state index contributed by atoms with van der Waals surface area (Å²) in [5, 5.41) is 12.6. The van der Waals surface area contributed by atoms with Crippen molar-refractivity contribution in [2.24, 2.45) is 0 Å². The van der Waals surface area contributed by atoms with E-state index in [9.17, 15) is 0 Å². The molecule has 2 rings (SSSR count). The molecule has 0 spiro atoms. The summed E-state index contributed by atoms with van der Waals surface area (Å²) in [6.07, 6.45) is 3.36. The van der Waals surface area contributed by atoms with E-state index in [0.29, 0.717) is 6.04 Å². The number of benzene rings is 1. The van der Waals surface area contributed by atoms with Crippen molar-refractivity contribution in [2.75, 3.05) is 13.7 Å². The van der Waals surface area contributed by atoms with Gasteiger partial charge in [-0.2, -0.15) is 0 Å². The van der Waals surface area contributed by atoms with Gasteiger partial charge in [0.05, 0.1) is 13.7 Å². The second kappa shape index (κ2) is 5.32. The van der Waals surface area contributed by atoms with Crippen LogP contribution in [0.2, 0.25) is 0 Å². The van der Waals surface area contributed by atoms with E-state index < -0.39 is 0 Å². The molecule has 1 heterocycles. The highest BCUT2D eigenvalue weighted by Gasteiger charge is 2.21. The van der Waals surface area contributed by atoms with Gasteiger partial charge in [-0.05, 0) is 37.0 Å². The molecule has 88 valence electrons. The summed E-state index contributed by atoms with van der Waals surface area (Å²) in [4.78, 5) is 0. The molecule has 0 bridgehead atoms. The van der Waals surface area contributed by atoms with Crippen molar-refractivity contribution in [2.45, 2.75) is 31.3 Å². The maximum atomic E-state index is 9.17. The zero-order valence-corrected chi connectivity index (χ0v) is 9.65. The highest BCUT2D eigenvalue weighted by atomic mass is 16.5. The summed E-state index contributed by atoms with van der Waals surface area (Å²) in [6.45, 7) is 0.223. The predicted molar refractivity (Wildman–Crippen MR) is 63.6 cm³/mol. The molecular weight excluding hydrogens is 202 g/mol. The number of nitrogens with one attached hydrogen (secondary N) is 1. The van der Waals surface area contributed by atoms with Crippen LogP contribution < -0.4 is 10.1 Å². The molecule has 1 aliphatic heterocycles. The van der Waals surface area contributed by atoms with Crippen molar-refractivity contribution in [1.82, 2.24) is 5.32 Å². The van der Waals surface area contributed by atoms with Crippen molar-refractivity contribution in [3.05, 3.63) is 29.8 Å². The molecule has 0 radical (unpaired) electrons. The molecule has 0 aromatic heterocycles. The second-order valence-corrected chi connectivity index (χ2v) is 4.31. The van der Waals surface area contributed by atoms with Crippen molar-refractivity contribution in [1.29, 1.82) is 0 Å². The minimum atomic E-state index is 0.223. The molecule has 2 unspecified atom stereocenters. The Labute approximate surface area is 96.4 Å². The molecule has 3 nitrogen and oxygen atoms in total. The number of ether oxygens (including phenoxy) is 1. The smallest absolute Gasteiger partial charge is 0.119 e. The lowest BCUT2D eigenvalue weighted by atomic mass is 9.93. The van der Waals surface area contributed by atoms with Crippen LogP contribution in [0.5, 0.6) is 5.75 Å². The molecule has 3 heteroatoms. The number of hydrogen-bond acceptors (Lipinski definition) is 3. The Morgan fingerprint density at radius 3 is 3.06 bits per heavy atom. The Hall–Kier alpha value is -1.06. The summed E-state index contributed by atoms with van der Waals surface area (Å²) in [7, 11) is 1.68. The summed E-state index contributed by atoms with van der Waals surface area (Å²) in [5.41, 5.74) is 1.25. The van der Waals surface area contributed by atoms with Crippen LogP contribution in [0.3, 0.4) is 0 Å². The van der Waals surface area contributed by atoms with Crippen LogP contribution in [0.4, 0.5) is 0 Å². The molecular formula is C13H19NO2. The highest BCUT2D eigenvalue weighted by molar-refractivity contribution is 5.30. The van der Waals surface area contributed by atoms with Gasteiger partial charge in [0.15, 0.2) is 0 Å². The molecule has 1 aromatic carbocycles. The first kappa shape index (κ1) is 11.4. The van der Waals surface area contributed by atoms with Gasteiger partial charge in [0.2, 0.25) is 0 Å². The van der Waals surface area contributed by atoms with Crippen LogP contribution in [0.25, 0.3) is 0 Å². The summed E-state index contributed by atoms with van der Waals surface area (Å²) >= 11 is 0. The Balaban J connectivity index is 2.10. The Morgan fingerprint density at radius 1 is 1.44 bits per heavy atom. The van der Waals surface area contributed by atoms with Gasteiger partial charge in [0.25, 0.3) is 0 Å². The van der Waals surface area contributed by atoms with Gasteiger partial charge < -0.3 is 15.2 Å². The Bertz CT molecular complexity index is 340. The number of hydrogen-bond donors (Lipinski definition) is 2. The predicted octanol–water partition coefficient (Wildman–Crippen LogP) is 1.87. The zero-order chi connectivity index (χ0) is 11.4. The summed E-state index contributed by atoms with van der Waals surface area (Å²) in [6, 6.07) is 8.73. The first-order valence-electron chi connectivity index (χ1n) is 5.84. The monoisotopic (exact) mass is 221 g/mol. The van der Waals surface area contributed by atoms with E-state index in [1.807, 2.05) is 12.1 Å². The molecule has 0 amide bonds. The lowest BCUT2D eigenvalue weighted by molar-refractivity contribution is 0.198. The maximum absolute atomic E-state index is 9.17. The Kier molecular flexibility index (Phi) is 3.80.